The van der Waals surface area contributed by atoms with Gasteiger partial charge in [0.1, 0.15) is 5.03 Å². The minimum Gasteiger partial charge on any atom is -0.478 e. The topological polar surface area (TPSA) is 79.3 Å². The van der Waals surface area contributed by atoms with Gasteiger partial charge in [-0.1, -0.05) is 23.4 Å². The van der Waals surface area contributed by atoms with Gasteiger partial charge in [-0.2, -0.15) is 13.2 Å². The number of thioether (sulfide) groups is 1. The molecule has 0 unspecified atom stereocenters. The lowest BCUT2D eigenvalue weighted by molar-refractivity contribution is -0.137. The van der Waals surface area contributed by atoms with Crippen LogP contribution in [0.25, 0.3) is 0 Å². The molecule has 0 radical (unpaired) electrons. The summed E-state index contributed by atoms with van der Waals surface area (Å²) in [5.74, 6) is -1.93. The molecule has 2 N–H and O–H groups in total. The summed E-state index contributed by atoms with van der Waals surface area (Å²) in [5.41, 5.74) is -0.947. The maximum absolute atomic E-state index is 12.6. The van der Waals surface area contributed by atoms with Gasteiger partial charge in [-0.15, -0.1) is 0 Å². The van der Waals surface area contributed by atoms with Gasteiger partial charge in [0.2, 0.25) is 5.91 Å². The van der Waals surface area contributed by atoms with E-state index >= 15 is 0 Å². The quantitative estimate of drug-likeness (QED) is 0.748. The molecule has 0 aliphatic rings. The molecule has 2 aromatic rings. The second kappa shape index (κ2) is 7.75. The van der Waals surface area contributed by atoms with Crippen LogP contribution in [0.15, 0.2) is 41.6 Å². The molecule has 0 saturated heterocycles. The van der Waals surface area contributed by atoms with Gasteiger partial charge in [-0.05, 0) is 30.3 Å². The molecule has 0 atom stereocenters. The van der Waals surface area contributed by atoms with Crippen molar-refractivity contribution in [3.05, 3.63) is 52.7 Å². The number of rotatable bonds is 5. The van der Waals surface area contributed by atoms with E-state index in [4.69, 9.17) is 16.7 Å². The first-order valence-electron chi connectivity index (χ1n) is 6.66. The third-order valence-electron chi connectivity index (χ3n) is 2.91. The van der Waals surface area contributed by atoms with Crippen LogP contribution in [0.3, 0.4) is 0 Å². The average Bonchev–Trinajstić information content (AvgIpc) is 2.54. The largest absolute Gasteiger partial charge is 0.478 e. The number of hydrogen-bond donors (Lipinski definition) is 2. The highest BCUT2D eigenvalue weighted by Crippen LogP contribution is 2.33. The van der Waals surface area contributed by atoms with Crippen LogP contribution in [-0.4, -0.2) is 27.7 Å². The van der Waals surface area contributed by atoms with E-state index in [-0.39, 0.29) is 27.1 Å². The first kappa shape index (κ1) is 19.1. The zero-order valence-electron chi connectivity index (χ0n) is 12.3. The number of aromatic carboxylic acids is 1. The monoisotopic (exact) mass is 390 g/mol. The molecule has 1 amide bonds. The standard InChI is InChI=1S/C15H10ClF3N2O3S/c16-10-6-8(15(17,18)19)3-4-11(10)21-12(22)7-25-13-9(14(23)24)2-1-5-20-13/h1-6H,7H2,(H,21,22)(H,23,24). The van der Waals surface area contributed by atoms with E-state index in [0.717, 1.165) is 23.9 Å². The third-order valence-corrected chi connectivity index (χ3v) is 4.23. The zero-order valence-corrected chi connectivity index (χ0v) is 13.9. The summed E-state index contributed by atoms with van der Waals surface area (Å²) in [4.78, 5) is 26.9. The highest BCUT2D eigenvalue weighted by molar-refractivity contribution is 8.00. The van der Waals surface area contributed by atoms with Gasteiger partial charge in [0.05, 0.1) is 27.6 Å². The molecule has 10 heteroatoms. The van der Waals surface area contributed by atoms with E-state index in [1.807, 2.05) is 0 Å². The Morgan fingerprint density at radius 3 is 2.60 bits per heavy atom. The lowest BCUT2D eigenvalue weighted by Gasteiger charge is -2.11. The van der Waals surface area contributed by atoms with E-state index in [9.17, 15) is 22.8 Å². The van der Waals surface area contributed by atoms with Gasteiger partial charge < -0.3 is 10.4 Å². The molecule has 0 spiro atoms. The van der Waals surface area contributed by atoms with Crippen LogP contribution in [0.1, 0.15) is 15.9 Å². The number of carbonyl (C=O) groups excluding carboxylic acids is 1. The van der Waals surface area contributed by atoms with Gasteiger partial charge in [0.25, 0.3) is 0 Å². The number of pyridine rings is 1. The normalized spacial score (nSPS) is 11.2. The number of anilines is 1. The molecule has 25 heavy (non-hydrogen) atoms. The van der Waals surface area contributed by atoms with Crippen molar-refractivity contribution in [3.63, 3.8) is 0 Å². The van der Waals surface area contributed by atoms with Crippen molar-refractivity contribution in [1.29, 1.82) is 0 Å². The Labute approximate surface area is 149 Å². The molecule has 5 nitrogen and oxygen atoms in total. The molecular formula is C15H10ClF3N2O3S. The highest BCUT2D eigenvalue weighted by Gasteiger charge is 2.31. The first-order chi connectivity index (χ1) is 11.7. The maximum Gasteiger partial charge on any atom is 0.416 e. The Morgan fingerprint density at radius 1 is 1.28 bits per heavy atom. The van der Waals surface area contributed by atoms with E-state index in [0.29, 0.717) is 6.07 Å². The number of aromatic nitrogens is 1. The van der Waals surface area contributed by atoms with E-state index < -0.39 is 23.6 Å². The van der Waals surface area contributed by atoms with Crippen molar-refractivity contribution < 1.29 is 27.9 Å². The summed E-state index contributed by atoms with van der Waals surface area (Å²) in [7, 11) is 0. The van der Waals surface area contributed by atoms with E-state index in [1.165, 1.54) is 18.3 Å². The summed E-state index contributed by atoms with van der Waals surface area (Å²) in [6, 6.07) is 5.37. The van der Waals surface area contributed by atoms with E-state index in [2.05, 4.69) is 10.3 Å². The number of halogens is 4. The third kappa shape index (κ3) is 5.10. The lowest BCUT2D eigenvalue weighted by Crippen LogP contribution is -2.15. The summed E-state index contributed by atoms with van der Waals surface area (Å²) in [5, 5.41) is 11.3. The molecule has 1 aromatic heterocycles. The van der Waals surface area contributed by atoms with Crippen molar-refractivity contribution in [2.75, 3.05) is 11.1 Å². The Kier molecular flexibility index (Phi) is 5.91. The van der Waals surface area contributed by atoms with Gasteiger partial charge >= 0.3 is 12.1 Å². The Morgan fingerprint density at radius 2 is 2.00 bits per heavy atom. The van der Waals surface area contributed by atoms with Gasteiger partial charge in [-0.3, -0.25) is 4.79 Å². The number of hydrogen-bond acceptors (Lipinski definition) is 4. The molecule has 0 bridgehead atoms. The van der Waals surface area contributed by atoms with Crippen molar-refractivity contribution in [2.24, 2.45) is 0 Å². The number of carboxylic acid groups (broad SMARTS) is 1. The summed E-state index contributed by atoms with van der Waals surface area (Å²) in [6.45, 7) is 0. The van der Waals surface area contributed by atoms with Crippen LogP contribution in [0, 0.1) is 0 Å². The van der Waals surface area contributed by atoms with Crippen molar-refractivity contribution in [1.82, 2.24) is 4.98 Å². The van der Waals surface area contributed by atoms with Crippen LogP contribution in [0.2, 0.25) is 5.02 Å². The predicted octanol–water partition coefficient (Wildman–Crippen LogP) is 4.18. The SMILES string of the molecule is O=C(CSc1ncccc1C(=O)O)Nc1ccc(C(F)(F)F)cc1Cl. The van der Waals surface area contributed by atoms with E-state index in [1.54, 1.807) is 0 Å². The molecule has 0 aliphatic heterocycles. The minimum absolute atomic E-state index is 0.0275. The molecular weight excluding hydrogens is 381 g/mol. The molecule has 0 saturated carbocycles. The van der Waals surface area contributed by atoms with Crippen LogP contribution >= 0.6 is 23.4 Å². The number of benzene rings is 1. The van der Waals surface area contributed by atoms with Crippen LogP contribution < -0.4 is 5.32 Å². The number of nitrogens with one attached hydrogen (secondary N) is 1. The van der Waals surface area contributed by atoms with Gasteiger partial charge in [-0.25, -0.2) is 9.78 Å². The maximum atomic E-state index is 12.6. The molecule has 0 fully saturated rings. The second-order valence-electron chi connectivity index (χ2n) is 4.69. The highest BCUT2D eigenvalue weighted by atomic mass is 35.5. The Hall–Kier alpha value is -2.26. The fourth-order valence-corrected chi connectivity index (χ4v) is 2.80. The number of alkyl halides is 3. The number of carbonyl (C=O) groups is 2. The van der Waals surface area contributed by atoms with Crippen LogP contribution in [0.4, 0.5) is 18.9 Å². The molecule has 1 heterocycles. The minimum atomic E-state index is -4.53. The van der Waals surface area contributed by atoms with Gasteiger partial charge in [0, 0.05) is 6.20 Å². The fourth-order valence-electron chi connectivity index (χ4n) is 1.78. The Bertz CT molecular complexity index is 815. The fraction of sp³-hybridized carbons (Fsp3) is 0.133. The summed E-state index contributed by atoms with van der Waals surface area (Å²) >= 11 is 6.64. The number of amides is 1. The van der Waals surface area contributed by atoms with Crippen LogP contribution in [0.5, 0.6) is 0 Å². The molecule has 2 rings (SSSR count). The summed E-state index contributed by atoms with van der Waals surface area (Å²) in [6.07, 6.45) is -3.15. The van der Waals surface area contributed by atoms with Gasteiger partial charge in [0.15, 0.2) is 0 Å². The average molecular weight is 391 g/mol. The van der Waals surface area contributed by atoms with Crippen molar-refractivity contribution in [3.8, 4) is 0 Å². The Balaban J connectivity index is 2.03. The second-order valence-corrected chi connectivity index (χ2v) is 6.06. The lowest BCUT2D eigenvalue weighted by atomic mass is 10.2. The number of carboxylic acids is 1. The molecule has 0 aliphatic carbocycles. The predicted molar refractivity (Wildman–Crippen MR) is 87.0 cm³/mol. The van der Waals surface area contributed by atoms with Crippen molar-refractivity contribution in [2.45, 2.75) is 11.2 Å². The zero-order chi connectivity index (χ0) is 18.6. The first-order valence-corrected chi connectivity index (χ1v) is 8.02. The molecule has 132 valence electrons. The summed E-state index contributed by atoms with van der Waals surface area (Å²) < 4.78 is 37.7. The molecule has 1 aromatic carbocycles. The number of nitrogens with zero attached hydrogens (tertiary/aromatic N) is 1. The van der Waals surface area contributed by atoms with Crippen LogP contribution in [-0.2, 0) is 11.0 Å². The van der Waals surface area contributed by atoms with Crippen molar-refractivity contribution >= 4 is 40.9 Å². The smallest absolute Gasteiger partial charge is 0.416 e.